The molecule has 1 aromatic carbocycles. The van der Waals surface area contributed by atoms with Crippen LogP contribution in [0.2, 0.25) is 0 Å². The molecule has 0 aliphatic rings. The van der Waals surface area contributed by atoms with Gasteiger partial charge in [0, 0.05) is 33.9 Å². The van der Waals surface area contributed by atoms with Gasteiger partial charge in [0.25, 0.3) is 0 Å². The molecule has 1 N–H and O–H groups in total. The lowest BCUT2D eigenvalue weighted by atomic mass is 10.2. The Hall–Kier alpha value is -1.13. The van der Waals surface area contributed by atoms with E-state index in [0.29, 0.717) is 18.8 Å². The van der Waals surface area contributed by atoms with Gasteiger partial charge < -0.3 is 15.0 Å². The lowest BCUT2D eigenvalue weighted by Gasteiger charge is -2.20. The molecule has 0 unspecified atom stereocenters. The predicted octanol–water partition coefficient (Wildman–Crippen LogP) is 2.41. The van der Waals surface area contributed by atoms with Gasteiger partial charge in [-0.25, -0.2) is 4.39 Å². The second kappa shape index (κ2) is 8.06. The van der Waals surface area contributed by atoms with Crippen molar-refractivity contribution in [3.05, 3.63) is 29.6 Å². The number of benzene rings is 1. The van der Waals surface area contributed by atoms with Crippen LogP contribution in [0.25, 0.3) is 0 Å². The van der Waals surface area contributed by atoms with E-state index in [-0.39, 0.29) is 5.82 Å². The van der Waals surface area contributed by atoms with Crippen LogP contribution in [0.1, 0.15) is 18.9 Å². The van der Waals surface area contributed by atoms with Crippen molar-refractivity contribution < 1.29 is 9.13 Å². The van der Waals surface area contributed by atoms with Gasteiger partial charge in [-0.2, -0.15) is 0 Å². The molecule has 0 radical (unpaired) electrons. The molecular weight excluding hydrogens is 231 g/mol. The molecule has 0 fully saturated rings. The lowest BCUT2D eigenvalue weighted by Crippen LogP contribution is -2.21. The number of halogens is 1. The van der Waals surface area contributed by atoms with E-state index in [1.807, 2.05) is 31.0 Å². The minimum atomic E-state index is -0.162. The third-order valence-electron chi connectivity index (χ3n) is 2.84. The molecule has 0 amide bonds. The van der Waals surface area contributed by atoms with Gasteiger partial charge in [-0.15, -0.1) is 0 Å². The maximum Gasteiger partial charge on any atom is 0.146 e. The van der Waals surface area contributed by atoms with Gasteiger partial charge in [0.05, 0.1) is 5.69 Å². The summed E-state index contributed by atoms with van der Waals surface area (Å²) in [5.41, 5.74) is 1.62. The molecule has 0 saturated carbocycles. The van der Waals surface area contributed by atoms with Crippen molar-refractivity contribution in [1.29, 1.82) is 0 Å². The average Bonchev–Trinajstić information content (AvgIpc) is 2.36. The Morgan fingerprint density at radius 3 is 2.78 bits per heavy atom. The van der Waals surface area contributed by atoms with Crippen molar-refractivity contribution in [3.8, 4) is 0 Å². The van der Waals surface area contributed by atoms with Gasteiger partial charge >= 0.3 is 0 Å². The molecular formula is C14H23FN2O. The van der Waals surface area contributed by atoms with E-state index in [4.69, 9.17) is 4.74 Å². The van der Waals surface area contributed by atoms with Crippen molar-refractivity contribution in [2.24, 2.45) is 0 Å². The van der Waals surface area contributed by atoms with Crippen LogP contribution in [0.4, 0.5) is 10.1 Å². The standard InChI is InChI=1S/C14H23FN2O/c1-4-16-11-12-6-7-14(13(15)10-12)17(2)8-5-9-18-3/h6-7,10,16H,4-5,8-9,11H2,1-3H3. The first kappa shape index (κ1) is 14.9. The minimum Gasteiger partial charge on any atom is -0.385 e. The molecule has 102 valence electrons. The Bertz CT molecular complexity index is 358. The van der Waals surface area contributed by atoms with E-state index in [1.165, 1.54) is 0 Å². The zero-order chi connectivity index (χ0) is 13.4. The highest BCUT2D eigenvalue weighted by Crippen LogP contribution is 2.19. The van der Waals surface area contributed by atoms with Gasteiger partial charge in [0.2, 0.25) is 0 Å². The van der Waals surface area contributed by atoms with Gasteiger partial charge in [-0.05, 0) is 30.7 Å². The Morgan fingerprint density at radius 2 is 2.17 bits per heavy atom. The first-order chi connectivity index (χ1) is 8.69. The first-order valence-corrected chi connectivity index (χ1v) is 6.38. The second-order valence-corrected chi connectivity index (χ2v) is 4.33. The van der Waals surface area contributed by atoms with Crippen molar-refractivity contribution in [2.45, 2.75) is 19.9 Å². The molecule has 1 rings (SSSR count). The largest absolute Gasteiger partial charge is 0.385 e. The van der Waals surface area contributed by atoms with Crippen LogP contribution >= 0.6 is 0 Å². The first-order valence-electron chi connectivity index (χ1n) is 6.38. The van der Waals surface area contributed by atoms with E-state index in [2.05, 4.69) is 5.32 Å². The Morgan fingerprint density at radius 1 is 1.39 bits per heavy atom. The highest BCUT2D eigenvalue weighted by Gasteiger charge is 2.08. The number of hydrogen-bond donors (Lipinski definition) is 1. The quantitative estimate of drug-likeness (QED) is 0.721. The summed E-state index contributed by atoms with van der Waals surface area (Å²) in [7, 11) is 3.58. The molecule has 4 heteroatoms. The topological polar surface area (TPSA) is 24.5 Å². The molecule has 0 saturated heterocycles. The van der Waals surface area contributed by atoms with Crippen LogP contribution in [0.3, 0.4) is 0 Å². The minimum absolute atomic E-state index is 0.162. The SMILES string of the molecule is CCNCc1ccc(N(C)CCCOC)c(F)c1. The van der Waals surface area contributed by atoms with Crippen molar-refractivity contribution >= 4 is 5.69 Å². The molecule has 0 aliphatic heterocycles. The van der Waals surface area contributed by atoms with Gasteiger partial charge in [-0.3, -0.25) is 0 Å². The summed E-state index contributed by atoms with van der Waals surface area (Å²) in [6, 6.07) is 5.41. The van der Waals surface area contributed by atoms with Crippen molar-refractivity contribution in [1.82, 2.24) is 5.32 Å². The zero-order valence-corrected chi connectivity index (χ0v) is 11.5. The van der Waals surface area contributed by atoms with Crippen molar-refractivity contribution in [2.75, 3.05) is 38.8 Å². The highest BCUT2D eigenvalue weighted by molar-refractivity contribution is 5.48. The summed E-state index contributed by atoms with van der Waals surface area (Å²) in [4.78, 5) is 1.92. The smallest absolute Gasteiger partial charge is 0.146 e. The highest BCUT2D eigenvalue weighted by atomic mass is 19.1. The number of anilines is 1. The van der Waals surface area contributed by atoms with E-state index in [9.17, 15) is 4.39 Å². The van der Waals surface area contributed by atoms with Crippen LogP contribution in [0, 0.1) is 5.82 Å². The average molecular weight is 254 g/mol. The van der Waals surface area contributed by atoms with E-state index in [1.54, 1.807) is 13.2 Å². The van der Waals surface area contributed by atoms with Crippen LogP contribution < -0.4 is 10.2 Å². The molecule has 0 atom stereocenters. The Balaban J connectivity index is 2.60. The molecule has 1 aromatic rings. The fraction of sp³-hybridized carbons (Fsp3) is 0.571. The molecule has 0 aliphatic carbocycles. The predicted molar refractivity (Wildman–Crippen MR) is 73.5 cm³/mol. The number of hydrogen-bond acceptors (Lipinski definition) is 3. The number of ether oxygens (including phenoxy) is 1. The van der Waals surface area contributed by atoms with Gasteiger partial charge in [-0.1, -0.05) is 13.0 Å². The molecule has 0 spiro atoms. The molecule has 0 bridgehead atoms. The monoisotopic (exact) mass is 254 g/mol. The molecule has 18 heavy (non-hydrogen) atoms. The van der Waals surface area contributed by atoms with Crippen LogP contribution in [0.15, 0.2) is 18.2 Å². The zero-order valence-electron chi connectivity index (χ0n) is 11.5. The van der Waals surface area contributed by atoms with Crippen LogP contribution in [-0.2, 0) is 11.3 Å². The Labute approximate surface area is 109 Å². The van der Waals surface area contributed by atoms with Gasteiger partial charge in [0.15, 0.2) is 0 Å². The van der Waals surface area contributed by atoms with Gasteiger partial charge in [0.1, 0.15) is 5.82 Å². The van der Waals surface area contributed by atoms with E-state index < -0.39 is 0 Å². The van der Waals surface area contributed by atoms with E-state index >= 15 is 0 Å². The number of rotatable bonds is 8. The fourth-order valence-electron chi connectivity index (χ4n) is 1.81. The Kier molecular flexibility index (Phi) is 6.68. The normalized spacial score (nSPS) is 10.7. The molecule has 0 heterocycles. The number of methoxy groups -OCH3 is 1. The lowest BCUT2D eigenvalue weighted by molar-refractivity contribution is 0.196. The second-order valence-electron chi connectivity index (χ2n) is 4.33. The summed E-state index contributed by atoms with van der Waals surface area (Å²) in [5.74, 6) is -0.162. The summed E-state index contributed by atoms with van der Waals surface area (Å²) < 4.78 is 18.9. The fourth-order valence-corrected chi connectivity index (χ4v) is 1.81. The molecule has 0 aromatic heterocycles. The number of nitrogens with zero attached hydrogens (tertiary/aromatic N) is 1. The maximum absolute atomic E-state index is 13.9. The maximum atomic E-state index is 13.9. The van der Waals surface area contributed by atoms with Crippen LogP contribution in [0.5, 0.6) is 0 Å². The summed E-state index contributed by atoms with van der Waals surface area (Å²) in [5, 5.41) is 3.19. The number of nitrogens with one attached hydrogen (secondary N) is 1. The third kappa shape index (κ3) is 4.63. The third-order valence-corrected chi connectivity index (χ3v) is 2.84. The summed E-state index contributed by atoms with van der Waals surface area (Å²) in [6.45, 7) is 5.12. The summed E-state index contributed by atoms with van der Waals surface area (Å²) >= 11 is 0. The molecule has 3 nitrogen and oxygen atoms in total. The van der Waals surface area contributed by atoms with E-state index in [0.717, 1.165) is 25.1 Å². The van der Waals surface area contributed by atoms with Crippen LogP contribution in [-0.4, -0.2) is 33.9 Å². The summed E-state index contributed by atoms with van der Waals surface area (Å²) in [6.07, 6.45) is 0.894. The van der Waals surface area contributed by atoms with Crippen molar-refractivity contribution in [3.63, 3.8) is 0 Å².